The van der Waals surface area contributed by atoms with E-state index in [9.17, 15) is 8.78 Å². The number of allylic oxidation sites excluding steroid dienone is 2. The molecule has 1 saturated carbocycles. The molecule has 0 amide bonds. The molecule has 1 aromatic carbocycles. The Hall–Kier alpha value is -1.18. The predicted molar refractivity (Wildman–Crippen MR) is 58.9 cm³/mol. The molecule has 0 heterocycles. The highest BCUT2D eigenvalue weighted by molar-refractivity contribution is 5.20. The Labute approximate surface area is 94.0 Å². The van der Waals surface area contributed by atoms with Crippen molar-refractivity contribution in [1.29, 1.82) is 0 Å². The lowest BCUT2D eigenvalue weighted by Gasteiger charge is -2.17. The molecule has 3 unspecified atom stereocenters. The molecule has 2 bridgehead atoms. The molecular weight excluding hydrogens is 206 g/mol. The van der Waals surface area contributed by atoms with E-state index in [1.54, 1.807) is 6.07 Å². The number of hydrogen-bond donors (Lipinski definition) is 0. The zero-order chi connectivity index (χ0) is 11.1. The first-order valence-corrected chi connectivity index (χ1v) is 5.84. The predicted octanol–water partition coefficient (Wildman–Crippen LogP) is 3.72. The molecule has 16 heavy (non-hydrogen) atoms. The Kier molecular flexibility index (Phi) is 2.31. The molecule has 0 aromatic heterocycles. The maximum Gasteiger partial charge on any atom is 0.159 e. The molecule has 2 aliphatic carbocycles. The molecule has 0 spiro atoms. The van der Waals surface area contributed by atoms with E-state index in [2.05, 4.69) is 12.2 Å². The van der Waals surface area contributed by atoms with Crippen LogP contribution in [0.1, 0.15) is 18.4 Å². The summed E-state index contributed by atoms with van der Waals surface area (Å²) in [4.78, 5) is 0. The Bertz CT molecular complexity index is 436. The second kappa shape index (κ2) is 3.69. The quantitative estimate of drug-likeness (QED) is 0.666. The summed E-state index contributed by atoms with van der Waals surface area (Å²) in [6, 6.07) is 4.27. The van der Waals surface area contributed by atoms with Gasteiger partial charge in [0.05, 0.1) is 0 Å². The Balaban J connectivity index is 1.75. The van der Waals surface area contributed by atoms with Crippen LogP contribution < -0.4 is 0 Å². The van der Waals surface area contributed by atoms with Crippen molar-refractivity contribution in [2.45, 2.75) is 19.3 Å². The van der Waals surface area contributed by atoms with Crippen molar-refractivity contribution in [2.75, 3.05) is 0 Å². The van der Waals surface area contributed by atoms with Crippen LogP contribution in [0.3, 0.4) is 0 Å². The average Bonchev–Trinajstić information content (AvgIpc) is 2.85. The molecule has 0 saturated heterocycles. The minimum absolute atomic E-state index is 0.625. The van der Waals surface area contributed by atoms with Crippen molar-refractivity contribution in [3.05, 3.63) is 47.5 Å². The third-order valence-corrected chi connectivity index (χ3v) is 3.90. The topological polar surface area (TPSA) is 0 Å². The number of halogens is 2. The van der Waals surface area contributed by atoms with E-state index < -0.39 is 11.6 Å². The standard InChI is InChI=1S/C14H14F2/c15-13-4-2-10(8-14(13)16)7-12-6-9-1-3-11(12)5-9/h1-4,8-9,11-12H,5-7H2. The van der Waals surface area contributed by atoms with E-state index in [1.165, 1.54) is 25.0 Å². The van der Waals surface area contributed by atoms with Crippen molar-refractivity contribution >= 4 is 0 Å². The highest BCUT2D eigenvalue weighted by Crippen LogP contribution is 2.44. The molecule has 1 aromatic rings. The van der Waals surface area contributed by atoms with Gasteiger partial charge in [-0.25, -0.2) is 8.78 Å². The molecule has 2 aliphatic rings. The summed E-state index contributed by atoms with van der Waals surface area (Å²) in [5, 5.41) is 0. The number of hydrogen-bond acceptors (Lipinski definition) is 0. The molecule has 0 aliphatic heterocycles. The molecule has 0 N–H and O–H groups in total. The van der Waals surface area contributed by atoms with Crippen molar-refractivity contribution in [1.82, 2.24) is 0 Å². The van der Waals surface area contributed by atoms with Crippen LogP contribution in [-0.2, 0) is 6.42 Å². The normalized spacial score (nSPS) is 31.2. The minimum atomic E-state index is -0.753. The van der Waals surface area contributed by atoms with Crippen LogP contribution in [-0.4, -0.2) is 0 Å². The summed E-state index contributed by atoms with van der Waals surface area (Å²) in [7, 11) is 0. The molecular formula is C14H14F2. The fourth-order valence-corrected chi connectivity index (χ4v) is 3.10. The highest BCUT2D eigenvalue weighted by Gasteiger charge is 2.35. The second-order valence-corrected chi connectivity index (χ2v) is 4.99. The highest BCUT2D eigenvalue weighted by atomic mass is 19.2. The summed E-state index contributed by atoms with van der Waals surface area (Å²) >= 11 is 0. The third kappa shape index (κ3) is 1.66. The van der Waals surface area contributed by atoms with Crippen LogP contribution in [0, 0.1) is 29.4 Å². The van der Waals surface area contributed by atoms with Crippen molar-refractivity contribution < 1.29 is 8.78 Å². The molecule has 3 rings (SSSR count). The first-order chi connectivity index (χ1) is 7.72. The average molecular weight is 220 g/mol. The molecule has 3 atom stereocenters. The summed E-state index contributed by atoms with van der Waals surface area (Å²) in [6.45, 7) is 0. The Morgan fingerprint density at radius 2 is 1.94 bits per heavy atom. The largest absolute Gasteiger partial charge is 0.204 e. The summed E-state index contributed by atoms with van der Waals surface area (Å²) in [5.41, 5.74) is 0.921. The van der Waals surface area contributed by atoms with Crippen LogP contribution in [0.4, 0.5) is 8.78 Å². The van der Waals surface area contributed by atoms with E-state index in [-0.39, 0.29) is 0 Å². The molecule has 0 radical (unpaired) electrons. The van der Waals surface area contributed by atoms with Gasteiger partial charge in [0.1, 0.15) is 0 Å². The van der Waals surface area contributed by atoms with Gasteiger partial charge in [0.25, 0.3) is 0 Å². The molecule has 2 heteroatoms. The maximum absolute atomic E-state index is 13.1. The smallest absolute Gasteiger partial charge is 0.159 e. The maximum atomic E-state index is 13.1. The number of rotatable bonds is 2. The lowest BCUT2D eigenvalue weighted by molar-refractivity contribution is 0.442. The van der Waals surface area contributed by atoms with Crippen LogP contribution in [0.5, 0.6) is 0 Å². The first-order valence-electron chi connectivity index (χ1n) is 5.84. The van der Waals surface area contributed by atoms with Gasteiger partial charge in [0.2, 0.25) is 0 Å². The SMILES string of the molecule is Fc1ccc(CC2CC3C=CC2C3)cc1F. The molecule has 1 fully saturated rings. The molecule has 0 nitrogen and oxygen atoms in total. The van der Waals surface area contributed by atoms with Gasteiger partial charge in [0.15, 0.2) is 11.6 Å². The van der Waals surface area contributed by atoms with Crippen molar-refractivity contribution in [2.24, 2.45) is 17.8 Å². The van der Waals surface area contributed by atoms with Gasteiger partial charge in [-0.05, 0) is 54.7 Å². The van der Waals surface area contributed by atoms with Gasteiger partial charge < -0.3 is 0 Å². The van der Waals surface area contributed by atoms with Crippen molar-refractivity contribution in [3.8, 4) is 0 Å². The monoisotopic (exact) mass is 220 g/mol. The van der Waals surface area contributed by atoms with Crippen LogP contribution in [0.25, 0.3) is 0 Å². The van der Waals surface area contributed by atoms with Crippen LogP contribution in [0.2, 0.25) is 0 Å². The summed E-state index contributed by atoms with van der Waals surface area (Å²) < 4.78 is 25.8. The fraction of sp³-hybridized carbons (Fsp3) is 0.429. The van der Waals surface area contributed by atoms with E-state index >= 15 is 0 Å². The van der Waals surface area contributed by atoms with Crippen molar-refractivity contribution in [3.63, 3.8) is 0 Å². The molecule has 84 valence electrons. The summed E-state index contributed by atoms with van der Waals surface area (Å²) in [6.07, 6.45) is 7.93. The van der Waals surface area contributed by atoms with E-state index in [4.69, 9.17) is 0 Å². The number of benzene rings is 1. The Morgan fingerprint density at radius 3 is 2.56 bits per heavy atom. The lowest BCUT2D eigenvalue weighted by atomic mass is 9.88. The summed E-state index contributed by atoms with van der Waals surface area (Å²) in [5.74, 6) is 0.547. The van der Waals surface area contributed by atoms with Gasteiger partial charge in [-0.3, -0.25) is 0 Å². The Morgan fingerprint density at radius 1 is 1.06 bits per heavy atom. The van der Waals surface area contributed by atoms with Crippen LogP contribution >= 0.6 is 0 Å². The van der Waals surface area contributed by atoms with E-state index in [1.807, 2.05) is 0 Å². The van der Waals surface area contributed by atoms with Gasteiger partial charge in [-0.15, -0.1) is 0 Å². The third-order valence-electron chi connectivity index (χ3n) is 3.90. The first kappa shape index (κ1) is 10.0. The zero-order valence-corrected chi connectivity index (χ0v) is 9.00. The van der Waals surface area contributed by atoms with Gasteiger partial charge in [-0.1, -0.05) is 18.2 Å². The number of fused-ring (bicyclic) bond motifs is 2. The van der Waals surface area contributed by atoms with Gasteiger partial charge >= 0.3 is 0 Å². The zero-order valence-electron chi connectivity index (χ0n) is 9.00. The van der Waals surface area contributed by atoms with E-state index in [0.29, 0.717) is 11.8 Å². The van der Waals surface area contributed by atoms with Gasteiger partial charge in [-0.2, -0.15) is 0 Å². The second-order valence-electron chi connectivity index (χ2n) is 4.99. The fourth-order valence-electron chi connectivity index (χ4n) is 3.10. The minimum Gasteiger partial charge on any atom is -0.204 e. The van der Waals surface area contributed by atoms with E-state index in [0.717, 1.165) is 17.9 Å². The lowest BCUT2D eigenvalue weighted by Crippen LogP contribution is -2.10. The van der Waals surface area contributed by atoms with Gasteiger partial charge in [0, 0.05) is 0 Å². The van der Waals surface area contributed by atoms with Crippen LogP contribution in [0.15, 0.2) is 30.4 Å².